The fourth-order valence-corrected chi connectivity index (χ4v) is 1.39. The molecule has 0 heterocycles. The minimum absolute atomic E-state index is 0.0784. The molecule has 0 N–H and O–H groups in total. The van der Waals surface area contributed by atoms with Crippen LogP contribution in [0, 0.1) is 0 Å². The Morgan fingerprint density at radius 2 is 2.00 bits per heavy atom. The van der Waals surface area contributed by atoms with Crippen LogP contribution in [-0.2, 0) is 11.3 Å². The van der Waals surface area contributed by atoms with E-state index in [2.05, 4.69) is 11.0 Å². The number of benzene rings is 1. The zero-order valence-corrected chi connectivity index (χ0v) is 9.53. The summed E-state index contributed by atoms with van der Waals surface area (Å²) in [5, 5.41) is 0. The predicted molar refractivity (Wildman–Crippen MR) is 63.5 cm³/mol. The van der Waals surface area contributed by atoms with E-state index in [9.17, 15) is 4.79 Å². The van der Waals surface area contributed by atoms with Crippen LogP contribution in [0.1, 0.15) is 18.1 Å². The third-order valence-electron chi connectivity index (χ3n) is 2.04. The highest BCUT2D eigenvalue weighted by Gasteiger charge is 1.99. The molecule has 0 saturated heterocycles. The van der Waals surface area contributed by atoms with Crippen LogP contribution in [0.3, 0.4) is 0 Å². The van der Waals surface area contributed by atoms with Gasteiger partial charge in [-0.2, -0.15) is 0 Å². The van der Waals surface area contributed by atoms with Crippen LogP contribution < -0.4 is 0 Å². The van der Waals surface area contributed by atoms with E-state index in [0.717, 1.165) is 12.1 Å². The van der Waals surface area contributed by atoms with Crippen LogP contribution in [0.4, 0.5) is 0 Å². The third-order valence-corrected chi connectivity index (χ3v) is 2.04. The van der Waals surface area contributed by atoms with Crippen LogP contribution in [0.25, 0.3) is 6.08 Å². The van der Waals surface area contributed by atoms with Gasteiger partial charge in [0.05, 0.1) is 0 Å². The molecule has 0 aromatic heterocycles. The summed E-state index contributed by atoms with van der Waals surface area (Å²) in [6.45, 7) is 2.45. The average Bonchev–Trinajstić information content (AvgIpc) is 2.15. The molecule has 2 heteroatoms. The van der Waals surface area contributed by atoms with Gasteiger partial charge in [-0.05, 0) is 38.2 Å². The van der Waals surface area contributed by atoms with E-state index in [0.29, 0.717) is 0 Å². The molecule has 0 bridgehead atoms. The van der Waals surface area contributed by atoms with Crippen molar-refractivity contribution in [1.29, 1.82) is 0 Å². The van der Waals surface area contributed by atoms with Crippen LogP contribution in [-0.4, -0.2) is 24.8 Å². The van der Waals surface area contributed by atoms with Gasteiger partial charge in [0.2, 0.25) is 0 Å². The maximum Gasteiger partial charge on any atom is 0.152 e. The predicted octanol–water partition coefficient (Wildman–Crippen LogP) is 2.35. The number of carbonyl (C=O) groups excluding carboxylic acids is 1. The molecule has 15 heavy (non-hydrogen) atoms. The van der Waals surface area contributed by atoms with Gasteiger partial charge in [0, 0.05) is 6.54 Å². The van der Waals surface area contributed by atoms with E-state index in [4.69, 9.17) is 0 Å². The molecular formula is C13H17NO. The SMILES string of the molecule is CC(=O)/C=C/c1ccccc1CN(C)C. The van der Waals surface area contributed by atoms with Gasteiger partial charge in [-0.3, -0.25) is 4.79 Å². The molecule has 0 unspecified atom stereocenters. The van der Waals surface area contributed by atoms with E-state index in [1.807, 2.05) is 38.4 Å². The second-order valence-electron chi connectivity index (χ2n) is 3.88. The van der Waals surface area contributed by atoms with E-state index < -0.39 is 0 Å². The van der Waals surface area contributed by atoms with E-state index in [1.165, 1.54) is 5.56 Å². The Balaban J connectivity index is 2.91. The Kier molecular flexibility index (Phi) is 4.25. The summed E-state index contributed by atoms with van der Waals surface area (Å²) < 4.78 is 0. The molecule has 1 rings (SSSR count). The number of carbonyl (C=O) groups is 1. The van der Waals surface area contributed by atoms with Gasteiger partial charge in [-0.25, -0.2) is 0 Å². The first-order chi connectivity index (χ1) is 7.09. The lowest BCUT2D eigenvalue weighted by Gasteiger charge is -2.11. The van der Waals surface area contributed by atoms with E-state index in [-0.39, 0.29) is 5.78 Å². The quantitative estimate of drug-likeness (QED) is 0.700. The van der Waals surface area contributed by atoms with Crippen molar-refractivity contribution in [3.05, 3.63) is 41.5 Å². The minimum atomic E-state index is 0.0784. The number of hydrogen-bond donors (Lipinski definition) is 0. The molecule has 0 amide bonds. The summed E-state index contributed by atoms with van der Waals surface area (Å²) in [6, 6.07) is 8.11. The molecule has 0 saturated carbocycles. The van der Waals surface area contributed by atoms with Gasteiger partial charge in [0.15, 0.2) is 5.78 Å². The van der Waals surface area contributed by atoms with Crippen LogP contribution >= 0.6 is 0 Å². The normalized spacial score (nSPS) is 11.2. The smallest absolute Gasteiger partial charge is 0.152 e. The second-order valence-corrected chi connectivity index (χ2v) is 3.88. The van der Waals surface area contributed by atoms with Crippen molar-refractivity contribution in [2.24, 2.45) is 0 Å². The third kappa shape index (κ3) is 4.09. The van der Waals surface area contributed by atoms with Crippen molar-refractivity contribution in [3.8, 4) is 0 Å². The summed E-state index contributed by atoms with van der Waals surface area (Å²) in [7, 11) is 4.07. The molecule has 2 nitrogen and oxygen atoms in total. The van der Waals surface area contributed by atoms with Crippen molar-refractivity contribution < 1.29 is 4.79 Å². The number of rotatable bonds is 4. The van der Waals surface area contributed by atoms with Crippen molar-refractivity contribution in [3.63, 3.8) is 0 Å². The van der Waals surface area contributed by atoms with E-state index in [1.54, 1.807) is 13.0 Å². The van der Waals surface area contributed by atoms with Crippen LogP contribution in [0.2, 0.25) is 0 Å². The maximum atomic E-state index is 10.9. The Morgan fingerprint density at radius 1 is 1.33 bits per heavy atom. The van der Waals surface area contributed by atoms with E-state index >= 15 is 0 Å². The number of nitrogens with zero attached hydrogens (tertiary/aromatic N) is 1. The Bertz CT molecular complexity index is 367. The highest BCUT2D eigenvalue weighted by molar-refractivity contribution is 5.91. The highest BCUT2D eigenvalue weighted by atomic mass is 16.1. The number of hydrogen-bond acceptors (Lipinski definition) is 2. The van der Waals surface area contributed by atoms with Gasteiger partial charge >= 0.3 is 0 Å². The summed E-state index contributed by atoms with van der Waals surface area (Å²) in [4.78, 5) is 13.0. The topological polar surface area (TPSA) is 20.3 Å². The van der Waals surface area contributed by atoms with Gasteiger partial charge in [-0.15, -0.1) is 0 Å². The number of ketones is 1. The monoisotopic (exact) mass is 203 g/mol. The molecule has 0 fully saturated rings. The lowest BCUT2D eigenvalue weighted by atomic mass is 10.1. The fourth-order valence-electron chi connectivity index (χ4n) is 1.39. The molecule has 0 aliphatic heterocycles. The molecule has 0 spiro atoms. The maximum absolute atomic E-state index is 10.9. The van der Waals surface area contributed by atoms with Gasteiger partial charge in [0.25, 0.3) is 0 Å². The van der Waals surface area contributed by atoms with Crippen molar-refractivity contribution in [2.75, 3.05) is 14.1 Å². The molecule has 0 aliphatic rings. The summed E-state index contributed by atoms with van der Waals surface area (Å²) in [5.74, 6) is 0.0784. The zero-order chi connectivity index (χ0) is 11.3. The largest absolute Gasteiger partial charge is 0.305 e. The molecule has 1 aromatic rings. The van der Waals surface area contributed by atoms with Crippen molar-refractivity contribution in [2.45, 2.75) is 13.5 Å². The van der Waals surface area contributed by atoms with Gasteiger partial charge in [0.1, 0.15) is 0 Å². The molecule has 1 aromatic carbocycles. The lowest BCUT2D eigenvalue weighted by molar-refractivity contribution is -0.112. The first-order valence-electron chi connectivity index (χ1n) is 5.01. The molecular weight excluding hydrogens is 186 g/mol. The van der Waals surface area contributed by atoms with Gasteiger partial charge in [-0.1, -0.05) is 30.3 Å². The molecule has 80 valence electrons. The summed E-state index contributed by atoms with van der Waals surface area (Å²) in [5.41, 5.74) is 2.35. The van der Waals surface area contributed by atoms with Crippen LogP contribution in [0.5, 0.6) is 0 Å². The first-order valence-corrected chi connectivity index (χ1v) is 5.01. The van der Waals surface area contributed by atoms with Gasteiger partial charge < -0.3 is 4.90 Å². The van der Waals surface area contributed by atoms with Crippen molar-refractivity contribution in [1.82, 2.24) is 4.90 Å². The first kappa shape index (κ1) is 11.7. The Labute approximate surface area is 91.2 Å². The van der Waals surface area contributed by atoms with Crippen LogP contribution in [0.15, 0.2) is 30.3 Å². The standard InChI is InChI=1S/C13H17NO/c1-11(15)8-9-12-6-4-5-7-13(12)10-14(2)3/h4-9H,10H2,1-3H3/b9-8+. The molecule has 0 atom stereocenters. The zero-order valence-electron chi connectivity index (χ0n) is 9.53. The number of allylic oxidation sites excluding steroid dienone is 1. The Morgan fingerprint density at radius 3 is 2.60 bits per heavy atom. The fraction of sp³-hybridized carbons (Fsp3) is 0.308. The highest BCUT2D eigenvalue weighted by Crippen LogP contribution is 2.12. The molecule has 0 aliphatic carbocycles. The Hall–Kier alpha value is -1.41. The second kappa shape index (κ2) is 5.47. The average molecular weight is 203 g/mol. The molecule has 0 radical (unpaired) electrons. The minimum Gasteiger partial charge on any atom is -0.305 e. The lowest BCUT2D eigenvalue weighted by Crippen LogP contribution is -2.11. The summed E-state index contributed by atoms with van der Waals surface area (Å²) in [6.07, 6.45) is 3.48. The van der Waals surface area contributed by atoms with Crippen molar-refractivity contribution >= 4 is 11.9 Å². The summed E-state index contributed by atoms with van der Waals surface area (Å²) >= 11 is 0.